The number of aryl methyl sites for hydroxylation is 2. The second-order valence-electron chi connectivity index (χ2n) is 8.09. The molecule has 2 aliphatic heterocycles. The number of rotatable bonds is 3. The Morgan fingerprint density at radius 1 is 1.00 bits per heavy atom. The molecule has 1 amide bonds. The maximum atomic E-state index is 13.6. The van der Waals surface area contributed by atoms with Gasteiger partial charge in [0, 0.05) is 30.9 Å². The van der Waals surface area contributed by atoms with Crippen molar-refractivity contribution < 1.29 is 9.42 Å². The third kappa shape index (κ3) is 2.95. The van der Waals surface area contributed by atoms with E-state index in [1.165, 1.54) is 0 Å². The number of anilines is 1. The van der Waals surface area contributed by atoms with Crippen LogP contribution in [-0.2, 0) is 12.8 Å². The minimum atomic E-state index is -0.0804. The van der Waals surface area contributed by atoms with E-state index in [0.717, 1.165) is 93.0 Å². The largest absolute Gasteiger partial charge is 0.341 e. The van der Waals surface area contributed by atoms with Gasteiger partial charge in [0.05, 0.1) is 6.04 Å². The minimum absolute atomic E-state index is 0.00546. The van der Waals surface area contributed by atoms with E-state index >= 15 is 0 Å². The summed E-state index contributed by atoms with van der Waals surface area (Å²) in [6.45, 7) is 4.55. The first kappa shape index (κ1) is 17.6. The van der Waals surface area contributed by atoms with Crippen LogP contribution >= 0.6 is 0 Å². The highest BCUT2D eigenvalue weighted by Gasteiger charge is 2.36. The van der Waals surface area contributed by atoms with Crippen molar-refractivity contribution in [2.24, 2.45) is 0 Å². The van der Waals surface area contributed by atoms with Crippen molar-refractivity contribution in [3.63, 3.8) is 0 Å². The third-order valence-corrected chi connectivity index (χ3v) is 6.28. The molecule has 1 unspecified atom stereocenters. The molecular formula is C20H26N6O2. The quantitative estimate of drug-likeness (QED) is 0.806. The fraction of sp³-hybridized carbons (Fsp3) is 0.650. The van der Waals surface area contributed by atoms with E-state index in [9.17, 15) is 4.79 Å². The van der Waals surface area contributed by atoms with Crippen LogP contribution in [0.1, 0.15) is 77.7 Å². The smallest absolute Gasteiger partial charge is 0.273 e. The number of carbonyl (C=O) groups is 1. The standard InChI is InChI=1S/C20H26N6O2/c1-13-17(24-28-23-13)16-9-6-12-26(16)19(27)18-14-7-2-3-8-15(14)21-20(22-18)25-10-4-5-11-25/h16H,2-12H2,1H3. The van der Waals surface area contributed by atoms with E-state index in [1.807, 2.05) is 11.8 Å². The number of carbonyl (C=O) groups excluding carboxylic acids is 1. The summed E-state index contributed by atoms with van der Waals surface area (Å²) in [5.74, 6) is 0.738. The molecule has 1 atom stereocenters. The van der Waals surface area contributed by atoms with Crippen LogP contribution in [0.2, 0.25) is 0 Å². The summed E-state index contributed by atoms with van der Waals surface area (Å²) in [7, 11) is 0. The van der Waals surface area contributed by atoms with Crippen LogP contribution in [0.4, 0.5) is 5.95 Å². The van der Waals surface area contributed by atoms with Gasteiger partial charge in [0.2, 0.25) is 5.95 Å². The van der Waals surface area contributed by atoms with Crippen molar-refractivity contribution in [2.75, 3.05) is 24.5 Å². The number of amides is 1. The van der Waals surface area contributed by atoms with Crippen LogP contribution in [0, 0.1) is 6.92 Å². The number of likely N-dealkylation sites (tertiary alicyclic amines) is 1. The molecular weight excluding hydrogens is 356 g/mol. The van der Waals surface area contributed by atoms with Crippen molar-refractivity contribution in [1.82, 2.24) is 25.2 Å². The topological polar surface area (TPSA) is 88.2 Å². The number of aromatic nitrogens is 4. The Kier molecular flexibility index (Phi) is 4.49. The first-order valence-electron chi connectivity index (χ1n) is 10.5. The zero-order valence-corrected chi connectivity index (χ0v) is 16.4. The number of hydrogen-bond donors (Lipinski definition) is 0. The lowest BCUT2D eigenvalue weighted by Crippen LogP contribution is -2.34. The van der Waals surface area contributed by atoms with Gasteiger partial charge >= 0.3 is 0 Å². The first-order valence-corrected chi connectivity index (χ1v) is 10.5. The first-order chi connectivity index (χ1) is 13.7. The number of nitrogens with zero attached hydrogens (tertiary/aromatic N) is 6. The molecule has 3 aliphatic rings. The molecule has 0 spiro atoms. The highest BCUT2D eigenvalue weighted by molar-refractivity contribution is 5.95. The molecule has 0 radical (unpaired) electrons. The van der Waals surface area contributed by atoms with Gasteiger partial charge in [0.25, 0.3) is 5.91 Å². The monoisotopic (exact) mass is 382 g/mol. The van der Waals surface area contributed by atoms with Gasteiger partial charge in [-0.15, -0.1) is 0 Å². The molecule has 2 aromatic rings. The summed E-state index contributed by atoms with van der Waals surface area (Å²) in [6, 6.07) is -0.0804. The molecule has 8 heteroatoms. The lowest BCUT2D eigenvalue weighted by Gasteiger charge is -2.27. The normalized spacial score (nSPS) is 22.0. The third-order valence-electron chi connectivity index (χ3n) is 6.28. The zero-order chi connectivity index (χ0) is 19.1. The van der Waals surface area contributed by atoms with E-state index in [4.69, 9.17) is 14.6 Å². The van der Waals surface area contributed by atoms with Crippen molar-refractivity contribution in [1.29, 1.82) is 0 Å². The summed E-state index contributed by atoms with van der Waals surface area (Å²) < 4.78 is 4.90. The van der Waals surface area contributed by atoms with Gasteiger partial charge in [0.15, 0.2) is 0 Å². The second-order valence-corrected chi connectivity index (χ2v) is 8.09. The molecule has 0 saturated carbocycles. The molecule has 2 saturated heterocycles. The van der Waals surface area contributed by atoms with Crippen molar-refractivity contribution in [3.8, 4) is 0 Å². The molecule has 1 aliphatic carbocycles. The SMILES string of the molecule is Cc1nonc1C1CCCN1C(=O)c1nc(N2CCCC2)nc2c1CCCC2. The molecule has 4 heterocycles. The molecule has 0 N–H and O–H groups in total. The van der Waals surface area contributed by atoms with Gasteiger partial charge in [-0.25, -0.2) is 14.6 Å². The molecule has 0 aromatic carbocycles. The molecule has 0 bridgehead atoms. The van der Waals surface area contributed by atoms with Crippen LogP contribution in [0.15, 0.2) is 4.63 Å². The Bertz CT molecular complexity index is 889. The summed E-state index contributed by atoms with van der Waals surface area (Å²) in [5.41, 5.74) is 4.26. The Balaban J connectivity index is 1.53. The van der Waals surface area contributed by atoms with Crippen molar-refractivity contribution in [3.05, 3.63) is 28.3 Å². The Morgan fingerprint density at radius 3 is 2.61 bits per heavy atom. The maximum Gasteiger partial charge on any atom is 0.273 e. The fourth-order valence-electron chi connectivity index (χ4n) is 4.79. The highest BCUT2D eigenvalue weighted by Crippen LogP contribution is 2.35. The van der Waals surface area contributed by atoms with Crippen LogP contribution in [0.3, 0.4) is 0 Å². The van der Waals surface area contributed by atoms with Gasteiger partial charge in [-0.05, 0) is 58.3 Å². The van der Waals surface area contributed by atoms with Crippen LogP contribution in [0.5, 0.6) is 0 Å². The van der Waals surface area contributed by atoms with Gasteiger partial charge < -0.3 is 9.80 Å². The predicted octanol–water partition coefficient (Wildman–Crippen LogP) is 2.62. The molecule has 28 heavy (non-hydrogen) atoms. The van der Waals surface area contributed by atoms with Crippen LogP contribution in [0.25, 0.3) is 0 Å². The number of hydrogen-bond acceptors (Lipinski definition) is 7. The average molecular weight is 382 g/mol. The molecule has 8 nitrogen and oxygen atoms in total. The van der Waals surface area contributed by atoms with E-state index < -0.39 is 0 Å². The van der Waals surface area contributed by atoms with Crippen molar-refractivity contribution in [2.45, 2.75) is 64.3 Å². The Morgan fingerprint density at radius 2 is 1.82 bits per heavy atom. The van der Waals surface area contributed by atoms with Gasteiger partial charge in [-0.2, -0.15) is 0 Å². The zero-order valence-electron chi connectivity index (χ0n) is 16.4. The summed E-state index contributed by atoms with van der Waals surface area (Å²) in [5, 5.41) is 7.98. The Hall–Kier alpha value is -2.51. The predicted molar refractivity (Wildman–Crippen MR) is 102 cm³/mol. The highest BCUT2D eigenvalue weighted by atomic mass is 16.6. The average Bonchev–Trinajstić information content (AvgIpc) is 3.47. The van der Waals surface area contributed by atoms with Gasteiger partial charge in [-0.1, -0.05) is 10.3 Å². The van der Waals surface area contributed by atoms with Crippen LogP contribution < -0.4 is 4.90 Å². The lowest BCUT2D eigenvalue weighted by atomic mass is 9.94. The van der Waals surface area contributed by atoms with E-state index in [1.54, 1.807) is 0 Å². The molecule has 5 rings (SSSR count). The lowest BCUT2D eigenvalue weighted by molar-refractivity contribution is 0.0722. The maximum absolute atomic E-state index is 13.6. The molecule has 2 aromatic heterocycles. The number of fused-ring (bicyclic) bond motifs is 1. The minimum Gasteiger partial charge on any atom is -0.341 e. The second kappa shape index (κ2) is 7.14. The van der Waals surface area contributed by atoms with E-state index in [0.29, 0.717) is 12.2 Å². The Labute approximate surface area is 164 Å². The molecule has 148 valence electrons. The van der Waals surface area contributed by atoms with Crippen molar-refractivity contribution >= 4 is 11.9 Å². The van der Waals surface area contributed by atoms with E-state index in [-0.39, 0.29) is 11.9 Å². The van der Waals surface area contributed by atoms with Crippen LogP contribution in [-0.4, -0.2) is 50.7 Å². The van der Waals surface area contributed by atoms with Gasteiger partial charge in [-0.3, -0.25) is 4.79 Å². The summed E-state index contributed by atoms with van der Waals surface area (Å²) >= 11 is 0. The fourth-order valence-corrected chi connectivity index (χ4v) is 4.79. The van der Waals surface area contributed by atoms with Gasteiger partial charge in [0.1, 0.15) is 17.1 Å². The van der Waals surface area contributed by atoms with E-state index in [2.05, 4.69) is 15.2 Å². The summed E-state index contributed by atoms with van der Waals surface area (Å²) in [4.78, 5) is 27.4. The summed E-state index contributed by atoms with van der Waals surface area (Å²) in [6.07, 6.45) is 8.21. The molecule has 2 fully saturated rings.